The molecule has 4 heterocycles. The second-order valence-electron chi connectivity index (χ2n) is 13.2. The van der Waals surface area contributed by atoms with Crippen LogP contribution in [0.15, 0.2) is 46.2 Å². The Labute approximate surface area is 404 Å². The normalized spacial score (nSPS) is 15.2. The molecule has 26 nitrogen and oxygen atoms in total. The second kappa shape index (κ2) is 21.5. The first-order chi connectivity index (χ1) is 29.2. The van der Waals surface area contributed by atoms with Gasteiger partial charge in [0.1, 0.15) is 9.79 Å². The summed E-state index contributed by atoms with van der Waals surface area (Å²) in [5.41, 5.74) is -0.0697. The van der Waals surface area contributed by atoms with Crippen molar-refractivity contribution in [3.63, 3.8) is 0 Å². The van der Waals surface area contributed by atoms with E-state index in [1.807, 2.05) is 0 Å². The monoisotopic (exact) mass is 983 g/mol. The molecule has 2 aliphatic rings. The fraction of sp³-hybridized carbons (Fsp3) is 0.375. The van der Waals surface area contributed by atoms with E-state index in [0.29, 0.717) is 52.6 Å². The molecule has 8 N–H and O–H groups in total. The standard InChI is InChI=1S/C32H40N12O14S4.K/c45-59(46,47)17-7-33-27-37-29(41-31(39-27)43-9-13-57-14-10-43)35-23-5-3-21(25(19-23)61(51,52)53)1-2-22-4-6-24(20-26(22)62(54,55)56)36-30-38-28(34-8-18-60(48,49)50)40-32(42-30)44-11-15-58-16-12-44;/h1-6,19-20H,7-18H2,(H,45,46,47)(H,48,49,50)(H,51,52,53)(H,54,55,56)(H2,33,35,37,39,41)(H2,34,36,38,40,42);. The minimum atomic E-state index is -4.93. The number of benzene rings is 2. The minimum Gasteiger partial charge on any atom is -0.378 e. The number of anilines is 8. The first kappa shape index (κ1) is 50.2. The van der Waals surface area contributed by atoms with E-state index >= 15 is 0 Å². The van der Waals surface area contributed by atoms with Gasteiger partial charge in [-0.3, -0.25) is 18.2 Å². The molecule has 63 heavy (non-hydrogen) atoms. The van der Waals surface area contributed by atoms with Crippen LogP contribution >= 0.6 is 0 Å². The van der Waals surface area contributed by atoms with Crippen LogP contribution in [-0.2, 0) is 49.9 Å². The predicted molar refractivity (Wildman–Crippen MR) is 229 cm³/mol. The van der Waals surface area contributed by atoms with Gasteiger partial charge in [0.2, 0.25) is 35.7 Å². The van der Waals surface area contributed by atoms with Crippen molar-refractivity contribution in [2.45, 2.75) is 9.79 Å². The van der Waals surface area contributed by atoms with Crippen molar-refractivity contribution in [2.24, 2.45) is 0 Å². The Morgan fingerprint density at radius 2 is 0.889 bits per heavy atom. The second-order valence-corrected chi connectivity index (χ2v) is 19.2. The minimum absolute atomic E-state index is 0. The average Bonchev–Trinajstić information content (AvgIpc) is 3.19. The SMILES string of the molecule is O=S(=O)(O)CCNc1nc(Nc2ccc(C=Cc3ccc(Nc4nc(NCCS(=O)(=O)O)nc(N5CCOCC5)n4)cc3S(=O)(=O)O)c(S(=O)(=O)O)c2)nc(N2CCOCC2)n1.[K]. The van der Waals surface area contributed by atoms with Gasteiger partial charge in [-0.05, 0) is 35.4 Å². The third-order valence-corrected chi connectivity index (χ3v) is 11.9. The van der Waals surface area contributed by atoms with E-state index in [1.165, 1.54) is 36.4 Å². The van der Waals surface area contributed by atoms with Gasteiger partial charge in [-0.15, -0.1) is 0 Å². The Kier molecular flexibility index (Phi) is 17.1. The van der Waals surface area contributed by atoms with E-state index in [1.54, 1.807) is 9.80 Å². The molecule has 2 fully saturated rings. The van der Waals surface area contributed by atoms with Gasteiger partial charge in [-0.25, -0.2) is 0 Å². The zero-order valence-corrected chi connectivity index (χ0v) is 39.6. The van der Waals surface area contributed by atoms with Crippen LogP contribution in [0.4, 0.5) is 47.1 Å². The Morgan fingerprint density at radius 3 is 1.22 bits per heavy atom. The number of hydrogen-bond donors (Lipinski definition) is 8. The summed E-state index contributed by atoms with van der Waals surface area (Å²) in [6.45, 7) is 2.65. The maximum atomic E-state index is 12.6. The summed E-state index contributed by atoms with van der Waals surface area (Å²) in [6, 6.07) is 7.49. The molecule has 31 heteroatoms. The van der Waals surface area contributed by atoms with E-state index in [9.17, 15) is 42.8 Å². The van der Waals surface area contributed by atoms with Crippen molar-refractivity contribution < 1.29 is 61.4 Å². The quantitative estimate of drug-likeness (QED) is 0.0372. The van der Waals surface area contributed by atoms with Crippen molar-refractivity contribution in [1.82, 2.24) is 29.9 Å². The van der Waals surface area contributed by atoms with Crippen molar-refractivity contribution in [2.75, 3.05) is 108 Å². The topological polar surface area (TPSA) is 368 Å². The van der Waals surface area contributed by atoms with Crippen LogP contribution in [0.5, 0.6) is 0 Å². The molecule has 0 saturated carbocycles. The molecular formula is C32H40KN12O14S4. The van der Waals surface area contributed by atoms with E-state index in [0.717, 1.165) is 12.1 Å². The summed E-state index contributed by atoms with van der Waals surface area (Å²) in [5.74, 6) is -1.29. The molecule has 2 aromatic heterocycles. The molecule has 2 aromatic carbocycles. The zero-order chi connectivity index (χ0) is 44.7. The smallest absolute Gasteiger partial charge is 0.295 e. The Morgan fingerprint density at radius 1 is 0.540 bits per heavy atom. The molecule has 4 aromatic rings. The zero-order valence-electron chi connectivity index (χ0n) is 33.2. The van der Waals surface area contributed by atoms with Gasteiger partial charge < -0.3 is 40.5 Å². The molecule has 0 unspecified atom stereocenters. The molecule has 337 valence electrons. The first-order valence-corrected chi connectivity index (χ1v) is 24.3. The summed E-state index contributed by atoms with van der Waals surface area (Å²) in [6.07, 6.45) is 2.37. The molecule has 0 bridgehead atoms. The molecule has 0 aliphatic carbocycles. The molecule has 6 rings (SSSR count). The van der Waals surface area contributed by atoms with Crippen molar-refractivity contribution in [1.29, 1.82) is 0 Å². The molecule has 2 saturated heterocycles. The summed E-state index contributed by atoms with van der Waals surface area (Å²) in [4.78, 5) is 28.1. The van der Waals surface area contributed by atoms with Gasteiger partial charge in [0, 0.05) is 102 Å². The third kappa shape index (κ3) is 15.4. The molecule has 0 amide bonds. The number of aromatic nitrogens is 6. The van der Waals surface area contributed by atoms with Crippen LogP contribution in [0.1, 0.15) is 11.1 Å². The fourth-order valence-electron chi connectivity index (χ4n) is 5.78. The number of hydrogen-bond acceptors (Lipinski definition) is 22. The van der Waals surface area contributed by atoms with Crippen LogP contribution in [0, 0.1) is 0 Å². The van der Waals surface area contributed by atoms with Crippen LogP contribution in [-0.4, -0.2) is 210 Å². The van der Waals surface area contributed by atoms with E-state index in [-0.39, 0.29) is 123 Å². The van der Waals surface area contributed by atoms with Crippen molar-refractivity contribution in [3.05, 3.63) is 47.5 Å². The summed E-state index contributed by atoms with van der Waals surface area (Å²) >= 11 is 0. The van der Waals surface area contributed by atoms with Crippen LogP contribution in [0.2, 0.25) is 0 Å². The van der Waals surface area contributed by atoms with Crippen LogP contribution in [0.3, 0.4) is 0 Å². The van der Waals surface area contributed by atoms with E-state index < -0.39 is 61.8 Å². The van der Waals surface area contributed by atoms with Crippen LogP contribution in [0.25, 0.3) is 12.2 Å². The van der Waals surface area contributed by atoms with E-state index in [2.05, 4.69) is 51.2 Å². The maximum absolute atomic E-state index is 12.6. The van der Waals surface area contributed by atoms with Gasteiger partial charge >= 0.3 is 0 Å². The predicted octanol–water partition coefficient (Wildman–Crippen LogP) is 0.0994. The van der Waals surface area contributed by atoms with Crippen LogP contribution < -0.4 is 31.1 Å². The van der Waals surface area contributed by atoms with Gasteiger partial charge in [0.05, 0.1) is 37.9 Å². The molecule has 2 aliphatic heterocycles. The number of morpholine rings is 2. The van der Waals surface area contributed by atoms with Gasteiger partial charge in [0.25, 0.3) is 40.5 Å². The van der Waals surface area contributed by atoms with Crippen molar-refractivity contribution >= 4 is 151 Å². The number of nitrogens with one attached hydrogen (secondary N) is 4. The maximum Gasteiger partial charge on any atom is 0.295 e. The largest absolute Gasteiger partial charge is 0.378 e. The number of nitrogens with zero attached hydrogens (tertiary/aromatic N) is 8. The Balaban J connectivity index is 0.00000748. The molecule has 1 radical (unpaired) electrons. The fourth-order valence-corrected chi connectivity index (χ4v) is 7.92. The summed E-state index contributed by atoms with van der Waals surface area (Å²) in [7, 11) is -18.5. The molecular weight excluding hydrogens is 944 g/mol. The molecule has 0 spiro atoms. The van der Waals surface area contributed by atoms with Gasteiger partial charge in [0.15, 0.2) is 0 Å². The first-order valence-electron chi connectivity index (χ1n) is 18.2. The average molecular weight is 984 g/mol. The summed E-state index contributed by atoms with van der Waals surface area (Å²) in [5, 5.41) is 11.1. The number of ether oxygens (including phenoxy) is 2. The van der Waals surface area contributed by atoms with Crippen molar-refractivity contribution in [3.8, 4) is 0 Å². The Bertz CT molecular complexity index is 2570. The summed E-state index contributed by atoms with van der Waals surface area (Å²) < 4.78 is 145. The third-order valence-electron chi connectivity index (χ3n) is 8.66. The van der Waals surface area contributed by atoms with Gasteiger partial charge in [-0.1, -0.05) is 24.3 Å². The molecule has 0 atom stereocenters. The van der Waals surface area contributed by atoms with Gasteiger partial charge in [-0.2, -0.15) is 63.6 Å². The Hall–Kier alpha value is -3.80. The van der Waals surface area contributed by atoms with E-state index in [4.69, 9.17) is 18.6 Å². The number of rotatable bonds is 18.